The number of aliphatic imine (C=N–C) groups is 1. The predicted molar refractivity (Wildman–Crippen MR) is 93.0 cm³/mol. The first-order chi connectivity index (χ1) is 10.3. The van der Waals surface area contributed by atoms with Crippen molar-refractivity contribution in [2.24, 2.45) is 4.99 Å². The minimum absolute atomic E-state index is 0.0321. The third kappa shape index (κ3) is 2.76. The Kier molecular flexibility index (Phi) is 4.39. The highest BCUT2D eigenvalue weighted by Gasteiger charge is 2.44. The highest BCUT2D eigenvalue weighted by atomic mass is 32.1. The molecule has 1 aromatic carbocycles. The van der Waals surface area contributed by atoms with Gasteiger partial charge in [-0.1, -0.05) is 62.3 Å². The molecule has 2 nitrogen and oxygen atoms in total. The molecule has 2 aliphatic rings. The summed E-state index contributed by atoms with van der Waals surface area (Å²) in [6.45, 7) is 3.29. The molecule has 0 N–H and O–H groups in total. The Hall–Kier alpha value is -1.22. The molecule has 1 aliphatic heterocycles. The van der Waals surface area contributed by atoms with Crippen molar-refractivity contribution < 1.29 is 0 Å². The Labute approximate surface area is 133 Å². The summed E-state index contributed by atoms with van der Waals surface area (Å²) in [6.07, 6.45) is 8.61. The van der Waals surface area contributed by atoms with Crippen LogP contribution in [0.4, 0.5) is 0 Å². The van der Waals surface area contributed by atoms with Crippen LogP contribution in [-0.2, 0) is 0 Å². The molecule has 1 spiro atoms. The average molecular weight is 300 g/mol. The van der Waals surface area contributed by atoms with Gasteiger partial charge in [-0.2, -0.15) is 0 Å². The van der Waals surface area contributed by atoms with Crippen molar-refractivity contribution in [3.8, 4) is 0 Å². The summed E-state index contributed by atoms with van der Waals surface area (Å²) in [5.41, 5.74) is 2.19. The minimum atomic E-state index is -0.0321. The van der Waals surface area contributed by atoms with E-state index >= 15 is 0 Å². The van der Waals surface area contributed by atoms with E-state index in [0.29, 0.717) is 0 Å². The van der Waals surface area contributed by atoms with Gasteiger partial charge in [0.15, 0.2) is 0 Å². The van der Waals surface area contributed by atoms with Gasteiger partial charge in [-0.25, -0.2) is 0 Å². The maximum atomic E-state index is 5.81. The quantitative estimate of drug-likeness (QED) is 0.756. The first-order valence-corrected chi connectivity index (χ1v) is 8.65. The highest BCUT2D eigenvalue weighted by Crippen LogP contribution is 2.40. The Morgan fingerprint density at radius 3 is 2.52 bits per heavy atom. The van der Waals surface area contributed by atoms with Gasteiger partial charge in [0, 0.05) is 12.1 Å². The largest absolute Gasteiger partial charge is 0.336 e. The third-order valence-electron chi connectivity index (χ3n) is 4.71. The molecule has 0 amide bonds. The van der Waals surface area contributed by atoms with E-state index in [1.54, 1.807) is 0 Å². The van der Waals surface area contributed by atoms with Crippen molar-refractivity contribution in [3.63, 3.8) is 0 Å². The van der Waals surface area contributed by atoms with Gasteiger partial charge >= 0.3 is 0 Å². The zero-order chi connectivity index (χ0) is 14.7. The maximum Gasteiger partial charge on any atom is 0.133 e. The molecular formula is C18H24N2S. The summed E-state index contributed by atoms with van der Waals surface area (Å²) in [6, 6.07) is 10.5. The minimum Gasteiger partial charge on any atom is -0.336 e. The van der Waals surface area contributed by atoms with Crippen LogP contribution in [-0.4, -0.2) is 27.8 Å². The summed E-state index contributed by atoms with van der Waals surface area (Å²) < 4.78 is 0. The number of hydrogen-bond acceptors (Lipinski definition) is 2. The zero-order valence-electron chi connectivity index (χ0n) is 12.8. The molecule has 0 radical (unpaired) electrons. The van der Waals surface area contributed by atoms with E-state index in [0.717, 1.165) is 30.1 Å². The van der Waals surface area contributed by atoms with Crippen molar-refractivity contribution in [2.75, 3.05) is 6.54 Å². The Bertz CT molecular complexity index is 529. The third-order valence-corrected chi connectivity index (χ3v) is 5.12. The molecule has 112 valence electrons. The van der Waals surface area contributed by atoms with Gasteiger partial charge in [-0.3, -0.25) is 4.99 Å². The Morgan fingerprint density at radius 2 is 1.86 bits per heavy atom. The van der Waals surface area contributed by atoms with Crippen molar-refractivity contribution >= 4 is 22.9 Å². The topological polar surface area (TPSA) is 15.6 Å². The molecule has 1 aliphatic carbocycles. The monoisotopic (exact) mass is 300 g/mol. The lowest BCUT2D eigenvalue weighted by atomic mass is 9.88. The Balaban J connectivity index is 1.94. The van der Waals surface area contributed by atoms with E-state index in [9.17, 15) is 0 Å². The maximum absolute atomic E-state index is 5.81. The molecule has 0 unspecified atom stereocenters. The SMILES string of the molecule is CCCCN1C(=S)C(c2ccccc2)=NC12CCCCC2. The van der Waals surface area contributed by atoms with Gasteiger partial charge in [0.1, 0.15) is 16.4 Å². The van der Waals surface area contributed by atoms with E-state index in [1.165, 1.54) is 37.7 Å². The van der Waals surface area contributed by atoms with Crippen LogP contribution in [0.5, 0.6) is 0 Å². The van der Waals surface area contributed by atoms with E-state index in [2.05, 4.69) is 36.1 Å². The first kappa shape index (κ1) is 14.7. The lowest BCUT2D eigenvalue weighted by Gasteiger charge is -2.40. The van der Waals surface area contributed by atoms with Crippen molar-refractivity contribution in [1.29, 1.82) is 0 Å². The molecule has 3 rings (SSSR count). The second-order valence-electron chi connectivity index (χ2n) is 6.18. The standard InChI is InChI=1S/C18H24N2S/c1-2-3-14-20-17(21)16(15-10-6-4-7-11-15)19-18(20)12-8-5-9-13-18/h4,6-7,10-11H,2-3,5,8-9,12-14H2,1H3. The molecule has 0 aromatic heterocycles. The molecule has 1 aromatic rings. The van der Waals surface area contributed by atoms with Gasteiger partial charge in [0.2, 0.25) is 0 Å². The van der Waals surface area contributed by atoms with Gasteiger partial charge in [-0.05, 0) is 32.1 Å². The highest BCUT2D eigenvalue weighted by molar-refractivity contribution is 7.82. The number of rotatable bonds is 4. The summed E-state index contributed by atoms with van der Waals surface area (Å²) in [4.78, 5) is 8.57. The van der Waals surface area contributed by atoms with E-state index in [1.807, 2.05) is 6.07 Å². The fourth-order valence-electron chi connectivity index (χ4n) is 3.54. The first-order valence-electron chi connectivity index (χ1n) is 8.24. The molecule has 1 heterocycles. The van der Waals surface area contributed by atoms with E-state index in [-0.39, 0.29) is 5.66 Å². The fraction of sp³-hybridized carbons (Fsp3) is 0.556. The zero-order valence-corrected chi connectivity index (χ0v) is 13.7. The van der Waals surface area contributed by atoms with Crippen LogP contribution >= 0.6 is 12.2 Å². The summed E-state index contributed by atoms with van der Waals surface area (Å²) in [5, 5.41) is 0. The van der Waals surface area contributed by atoms with Gasteiger partial charge in [0.25, 0.3) is 0 Å². The normalized spacial score (nSPS) is 20.9. The van der Waals surface area contributed by atoms with Crippen LogP contribution in [0.1, 0.15) is 57.4 Å². The van der Waals surface area contributed by atoms with Crippen LogP contribution in [0.3, 0.4) is 0 Å². The van der Waals surface area contributed by atoms with Crippen LogP contribution in [0, 0.1) is 0 Å². The molecule has 3 heteroatoms. The van der Waals surface area contributed by atoms with Crippen LogP contribution < -0.4 is 0 Å². The lowest BCUT2D eigenvalue weighted by molar-refractivity contribution is 0.137. The molecule has 0 saturated heterocycles. The van der Waals surface area contributed by atoms with Gasteiger partial charge in [0.05, 0.1) is 0 Å². The number of unbranched alkanes of at least 4 members (excludes halogenated alkanes) is 1. The molecule has 0 atom stereocenters. The molecule has 1 fully saturated rings. The van der Waals surface area contributed by atoms with Crippen molar-refractivity contribution in [2.45, 2.75) is 57.5 Å². The van der Waals surface area contributed by atoms with Gasteiger partial charge in [-0.15, -0.1) is 0 Å². The second kappa shape index (κ2) is 6.27. The van der Waals surface area contributed by atoms with E-state index in [4.69, 9.17) is 17.2 Å². The number of hydrogen-bond donors (Lipinski definition) is 0. The lowest BCUT2D eigenvalue weighted by Crippen LogP contribution is -2.47. The van der Waals surface area contributed by atoms with Crippen LogP contribution in [0.15, 0.2) is 35.3 Å². The van der Waals surface area contributed by atoms with Crippen LogP contribution in [0.2, 0.25) is 0 Å². The average Bonchev–Trinajstić information content (AvgIpc) is 2.79. The fourth-order valence-corrected chi connectivity index (χ4v) is 3.97. The second-order valence-corrected chi connectivity index (χ2v) is 6.57. The Morgan fingerprint density at radius 1 is 1.14 bits per heavy atom. The molecule has 0 bridgehead atoms. The summed E-state index contributed by atoms with van der Waals surface area (Å²) in [7, 11) is 0. The molecule has 1 saturated carbocycles. The number of benzene rings is 1. The molecule has 21 heavy (non-hydrogen) atoms. The van der Waals surface area contributed by atoms with Crippen molar-refractivity contribution in [3.05, 3.63) is 35.9 Å². The van der Waals surface area contributed by atoms with Gasteiger partial charge < -0.3 is 4.90 Å². The van der Waals surface area contributed by atoms with E-state index < -0.39 is 0 Å². The number of nitrogens with zero attached hydrogens (tertiary/aromatic N) is 2. The predicted octanol–water partition coefficient (Wildman–Crippen LogP) is 4.58. The van der Waals surface area contributed by atoms with Crippen molar-refractivity contribution in [1.82, 2.24) is 4.90 Å². The van der Waals surface area contributed by atoms with Crippen LogP contribution in [0.25, 0.3) is 0 Å². The summed E-state index contributed by atoms with van der Waals surface area (Å²) in [5.74, 6) is 0. The molecular weight excluding hydrogens is 276 g/mol. The summed E-state index contributed by atoms with van der Waals surface area (Å²) >= 11 is 5.81. The smallest absolute Gasteiger partial charge is 0.133 e. The number of thiocarbonyl (C=S) groups is 1.